The quantitative estimate of drug-likeness (QED) is 0.0436. The maximum Gasteiger partial charge on any atom is 0.472 e. The lowest BCUT2D eigenvalue weighted by Crippen LogP contribution is -2.43. The Bertz CT molecular complexity index is 859. The fraction of sp³-hybridized carbons (Fsp3) is 0.690. The summed E-state index contributed by atoms with van der Waals surface area (Å²) >= 11 is 0. The van der Waals surface area contributed by atoms with Gasteiger partial charge in [0.1, 0.15) is 12.7 Å². The molecule has 0 spiro atoms. The number of aliphatic hydroxyl groups excluding tert-OH is 1. The average molecular weight is 604 g/mol. The number of carbonyl (C=O) groups excluding carboxylic acids is 2. The molecule has 11 nitrogen and oxygen atoms in total. The summed E-state index contributed by atoms with van der Waals surface area (Å²) in [5.74, 6) is -2.45. The summed E-state index contributed by atoms with van der Waals surface area (Å²) in [7, 11) is -4.74. The fourth-order valence-corrected chi connectivity index (χ4v) is 4.16. The molecule has 0 aromatic carbocycles. The van der Waals surface area contributed by atoms with Crippen molar-refractivity contribution >= 4 is 25.7 Å². The van der Waals surface area contributed by atoms with Crippen molar-refractivity contribution in [1.29, 1.82) is 0 Å². The Hall–Kier alpha value is -2.30. The van der Waals surface area contributed by atoms with E-state index < -0.39 is 57.6 Å². The van der Waals surface area contributed by atoms with Crippen LogP contribution in [-0.4, -0.2) is 64.9 Å². The molecule has 4 N–H and O–H groups in total. The van der Waals surface area contributed by atoms with Crippen LogP contribution in [0.2, 0.25) is 0 Å². The van der Waals surface area contributed by atoms with Gasteiger partial charge in [0, 0.05) is 12.8 Å². The van der Waals surface area contributed by atoms with Crippen LogP contribution < -0.4 is 5.32 Å². The summed E-state index contributed by atoms with van der Waals surface area (Å²) in [6.07, 6.45) is 21.3. The monoisotopic (exact) mass is 603 g/mol. The van der Waals surface area contributed by atoms with Gasteiger partial charge in [-0.2, -0.15) is 0 Å². The van der Waals surface area contributed by atoms with E-state index in [1.807, 2.05) is 6.92 Å². The van der Waals surface area contributed by atoms with Crippen molar-refractivity contribution < 1.29 is 47.8 Å². The van der Waals surface area contributed by atoms with Crippen molar-refractivity contribution in [1.82, 2.24) is 5.32 Å². The Morgan fingerprint density at radius 1 is 0.805 bits per heavy atom. The molecule has 0 radical (unpaired) electrons. The molecule has 0 rings (SSSR count). The number of aliphatic carboxylic acids is 1. The number of aliphatic hydroxyl groups is 1. The highest BCUT2D eigenvalue weighted by atomic mass is 31.2. The van der Waals surface area contributed by atoms with Crippen molar-refractivity contribution in [3.8, 4) is 0 Å². The van der Waals surface area contributed by atoms with Crippen molar-refractivity contribution in [2.75, 3.05) is 19.8 Å². The van der Waals surface area contributed by atoms with Gasteiger partial charge in [0.15, 0.2) is 6.04 Å². The molecule has 41 heavy (non-hydrogen) atoms. The summed E-state index contributed by atoms with van der Waals surface area (Å²) in [5.41, 5.74) is 0. The average Bonchev–Trinajstić information content (AvgIpc) is 2.93. The van der Waals surface area contributed by atoms with Crippen LogP contribution >= 0.6 is 7.82 Å². The number of ether oxygens (including phenoxy) is 1. The van der Waals surface area contributed by atoms with Gasteiger partial charge in [-0.3, -0.25) is 18.6 Å². The molecule has 0 aliphatic carbocycles. The molecule has 1 amide bonds. The molecular weight excluding hydrogens is 553 g/mol. The second-order valence-electron chi connectivity index (χ2n) is 9.56. The van der Waals surface area contributed by atoms with Crippen LogP contribution in [0.15, 0.2) is 36.5 Å². The standard InChI is InChI=1S/C29H50NO10P/c1-3-5-7-9-10-11-12-13-14-15-16-17-18-20-27(32)30-26(29(34)35)24-40-41(36,37)39-23-25(31)22-38-28(33)21-19-8-6-4-2/h5,7,10-11,13-14,25-26,31H,3-4,6,8-9,12,15-24H2,1-2H3,(H,30,32)(H,34,35)(H,36,37)/b7-5-,11-10-,14-13-. The van der Waals surface area contributed by atoms with E-state index in [-0.39, 0.29) is 12.8 Å². The summed E-state index contributed by atoms with van der Waals surface area (Å²) in [6.45, 7) is 2.23. The van der Waals surface area contributed by atoms with Crippen LogP contribution in [0.25, 0.3) is 0 Å². The molecule has 0 fully saturated rings. The van der Waals surface area contributed by atoms with E-state index in [0.717, 1.165) is 57.8 Å². The lowest BCUT2D eigenvalue weighted by atomic mass is 10.1. The number of phosphoric ester groups is 1. The first-order valence-corrected chi connectivity index (χ1v) is 16.0. The zero-order valence-corrected chi connectivity index (χ0v) is 25.5. The van der Waals surface area contributed by atoms with Gasteiger partial charge in [-0.15, -0.1) is 0 Å². The number of hydrogen-bond acceptors (Lipinski definition) is 8. The molecule has 0 heterocycles. The Labute approximate surface area is 244 Å². The third-order valence-corrected chi connectivity index (χ3v) is 6.64. The van der Waals surface area contributed by atoms with Gasteiger partial charge in [-0.1, -0.05) is 76.0 Å². The molecule has 0 aromatic rings. The van der Waals surface area contributed by atoms with Gasteiger partial charge >= 0.3 is 19.8 Å². The number of phosphoric acid groups is 1. The SMILES string of the molecule is CC/C=C\C/C=C\C/C=C\CCCCCC(=O)NC(COP(=O)(O)OCC(O)COC(=O)CCCCCC)C(=O)O. The van der Waals surface area contributed by atoms with Gasteiger partial charge in [0.2, 0.25) is 5.91 Å². The van der Waals surface area contributed by atoms with Crippen molar-refractivity contribution in [2.24, 2.45) is 0 Å². The predicted molar refractivity (Wildman–Crippen MR) is 157 cm³/mol. The number of carbonyl (C=O) groups is 3. The maximum atomic E-state index is 12.1. The third kappa shape index (κ3) is 25.2. The first-order valence-electron chi connectivity index (χ1n) is 14.5. The van der Waals surface area contributed by atoms with E-state index in [2.05, 4.69) is 57.7 Å². The summed E-state index contributed by atoms with van der Waals surface area (Å²) in [5, 5.41) is 21.4. The van der Waals surface area contributed by atoms with E-state index in [1.165, 1.54) is 0 Å². The molecule has 3 unspecified atom stereocenters. The second-order valence-corrected chi connectivity index (χ2v) is 11.0. The van der Waals surface area contributed by atoms with Gasteiger partial charge in [-0.05, 0) is 44.9 Å². The molecule has 0 aliphatic heterocycles. The van der Waals surface area contributed by atoms with Crippen molar-refractivity contribution in [3.05, 3.63) is 36.5 Å². The predicted octanol–water partition coefficient (Wildman–Crippen LogP) is 5.37. The number of rotatable bonds is 26. The normalized spacial score (nSPS) is 14.8. The highest BCUT2D eigenvalue weighted by Gasteiger charge is 2.28. The van der Waals surface area contributed by atoms with Gasteiger partial charge < -0.3 is 25.2 Å². The first-order chi connectivity index (χ1) is 19.6. The van der Waals surface area contributed by atoms with Crippen molar-refractivity contribution in [2.45, 2.75) is 109 Å². The van der Waals surface area contributed by atoms with E-state index in [4.69, 9.17) is 4.74 Å². The number of carboxylic acid groups (broad SMARTS) is 1. The van der Waals surface area contributed by atoms with Crippen molar-refractivity contribution in [3.63, 3.8) is 0 Å². The van der Waals surface area contributed by atoms with Crippen LogP contribution in [0, 0.1) is 0 Å². The molecule has 0 saturated heterocycles. The highest BCUT2D eigenvalue weighted by molar-refractivity contribution is 7.47. The molecule has 236 valence electrons. The van der Waals surface area contributed by atoms with Crippen LogP contribution in [0.3, 0.4) is 0 Å². The lowest BCUT2D eigenvalue weighted by molar-refractivity contribution is -0.147. The van der Waals surface area contributed by atoms with Gasteiger partial charge in [0.05, 0.1) is 13.2 Å². The number of allylic oxidation sites excluding steroid dienone is 6. The van der Waals surface area contributed by atoms with E-state index in [1.54, 1.807) is 0 Å². The molecule has 3 atom stereocenters. The number of carboxylic acids is 1. The highest BCUT2D eigenvalue weighted by Crippen LogP contribution is 2.43. The second kappa shape index (κ2) is 25.4. The lowest BCUT2D eigenvalue weighted by Gasteiger charge is -2.18. The summed E-state index contributed by atoms with van der Waals surface area (Å²) in [4.78, 5) is 45.0. The van der Waals surface area contributed by atoms with Crippen LogP contribution in [0.1, 0.15) is 97.3 Å². The minimum Gasteiger partial charge on any atom is -0.480 e. The minimum absolute atomic E-state index is 0.109. The Kier molecular flexibility index (Phi) is 24.0. The molecule has 0 saturated carbocycles. The number of amides is 1. The molecule has 0 aromatic heterocycles. The number of unbranched alkanes of at least 4 members (excludes halogenated alkanes) is 6. The topological polar surface area (TPSA) is 169 Å². The number of nitrogens with one attached hydrogen (secondary N) is 1. The molecule has 0 aliphatic rings. The van der Waals surface area contributed by atoms with Crippen LogP contribution in [0.4, 0.5) is 0 Å². The minimum atomic E-state index is -4.74. The number of hydrogen-bond donors (Lipinski definition) is 4. The summed E-state index contributed by atoms with van der Waals surface area (Å²) in [6, 6.07) is -1.56. The Morgan fingerprint density at radius 3 is 2.07 bits per heavy atom. The number of esters is 1. The Balaban J connectivity index is 4.16. The zero-order valence-electron chi connectivity index (χ0n) is 24.6. The first kappa shape index (κ1) is 38.7. The molecule has 0 bridgehead atoms. The third-order valence-electron chi connectivity index (χ3n) is 5.69. The van der Waals surface area contributed by atoms with Gasteiger partial charge in [0.25, 0.3) is 0 Å². The zero-order chi connectivity index (χ0) is 30.8. The smallest absolute Gasteiger partial charge is 0.472 e. The Morgan fingerprint density at radius 2 is 1.41 bits per heavy atom. The maximum absolute atomic E-state index is 12.1. The van der Waals surface area contributed by atoms with Crippen LogP contribution in [0.5, 0.6) is 0 Å². The fourth-order valence-electron chi connectivity index (χ4n) is 3.38. The van der Waals surface area contributed by atoms with E-state index >= 15 is 0 Å². The largest absolute Gasteiger partial charge is 0.480 e. The summed E-state index contributed by atoms with van der Waals surface area (Å²) < 4.78 is 26.3. The van der Waals surface area contributed by atoms with Crippen LogP contribution in [-0.2, 0) is 32.7 Å². The molecular formula is C29H50NO10P. The van der Waals surface area contributed by atoms with E-state index in [0.29, 0.717) is 12.8 Å². The molecule has 12 heteroatoms. The van der Waals surface area contributed by atoms with Gasteiger partial charge in [-0.25, -0.2) is 9.36 Å². The van der Waals surface area contributed by atoms with E-state index in [9.17, 15) is 34.1 Å².